The molecule has 2 aromatic rings. The molecule has 1 fully saturated rings. The molecule has 4 N–H and O–H groups in total. The Morgan fingerprint density at radius 1 is 1.14 bits per heavy atom. The minimum atomic E-state index is -0.0646. The van der Waals surface area contributed by atoms with E-state index in [-0.39, 0.29) is 5.54 Å². The van der Waals surface area contributed by atoms with Gasteiger partial charge < -0.3 is 15.7 Å². The third kappa shape index (κ3) is 1.09. The largest absolute Gasteiger partial charge is 0.360 e. The van der Waals surface area contributed by atoms with Crippen LogP contribution in [-0.4, -0.2) is 9.97 Å². The Morgan fingerprint density at radius 2 is 2.00 bits per heavy atom. The average Bonchev–Trinajstić information content (AvgIpc) is 2.73. The third-order valence-corrected chi connectivity index (χ3v) is 2.90. The Bertz CT molecular complexity index is 435. The lowest BCUT2D eigenvalue weighted by Gasteiger charge is -2.04. The van der Waals surface area contributed by atoms with Gasteiger partial charge in [0.2, 0.25) is 0 Å². The van der Waals surface area contributed by atoms with Crippen LogP contribution in [0.5, 0.6) is 0 Å². The predicted octanol–water partition coefficient (Wildman–Crippen LogP) is 1.96. The highest BCUT2D eigenvalue weighted by Gasteiger charge is 2.41. The van der Waals surface area contributed by atoms with Crippen molar-refractivity contribution in [2.45, 2.75) is 18.4 Å². The van der Waals surface area contributed by atoms with Gasteiger partial charge in [-0.05, 0) is 37.1 Å². The normalized spacial score (nSPS) is 18.4. The lowest BCUT2D eigenvalue weighted by Crippen LogP contribution is -2.18. The summed E-state index contributed by atoms with van der Waals surface area (Å²) in [5.74, 6) is 0. The van der Waals surface area contributed by atoms with E-state index in [1.54, 1.807) is 0 Å². The van der Waals surface area contributed by atoms with Crippen molar-refractivity contribution in [3.63, 3.8) is 0 Å². The Hall–Kier alpha value is -1.48. The summed E-state index contributed by atoms with van der Waals surface area (Å²) < 4.78 is 0. The van der Waals surface area contributed by atoms with Gasteiger partial charge in [0.05, 0.1) is 16.9 Å². The smallest absolute Gasteiger partial charge is 0.0622 e. The number of aromatic amines is 2. The van der Waals surface area contributed by atoms with Crippen LogP contribution in [0.15, 0.2) is 30.5 Å². The van der Waals surface area contributed by atoms with Crippen LogP contribution < -0.4 is 5.73 Å². The van der Waals surface area contributed by atoms with Gasteiger partial charge in [-0.15, -0.1) is 0 Å². The van der Waals surface area contributed by atoms with Gasteiger partial charge >= 0.3 is 0 Å². The number of rotatable bonds is 2. The molecule has 1 saturated carbocycles. The van der Waals surface area contributed by atoms with Crippen molar-refractivity contribution in [1.29, 1.82) is 0 Å². The number of aromatic nitrogens is 2. The molecule has 3 rings (SSSR count). The minimum Gasteiger partial charge on any atom is -0.360 e. The van der Waals surface area contributed by atoms with Crippen molar-refractivity contribution in [3.05, 3.63) is 36.2 Å². The molecule has 1 aliphatic carbocycles. The Labute approximate surface area is 82.3 Å². The van der Waals surface area contributed by atoms with E-state index in [0.717, 1.165) is 29.9 Å². The number of hydrogen-bond donors (Lipinski definition) is 3. The minimum absolute atomic E-state index is 0.0646. The van der Waals surface area contributed by atoms with E-state index in [1.807, 2.05) is 18.3 Å². The molecular weight excluding hydrogens is 174 g/mol. The number of nitrogens with one attached hydrogen (secondary N) is 2. The molecule has 14 heavy (non-hydrogen) atoms. The first kappa shape index (κ1) is 7.88. The van der Waals surface area contributed by atoms with Gasteiger partial charge in [0.1, 0.15) is 0 Å². The summed E-state index contributed by atoms with van der Waals surface area (Å²) in [6.07, 6.45) is 4.11. The quantitative estimate of drug-likeness (QED) is 0.661. The molecule has 2 heterocycles. The second kappa shape index (κ2) is 2.51. The van der Waals surface area contributed by atoms with Gasteiger partial charge in [-0.3, -0.25) is 0 Å². The van der Waals surface area contributed by atoms with E-state index in [9.17, 15) is 0 Å². The van der Waals surface area contributed by atoms with Crippen LogP contribution in [0.3, 0.4) is 0 Å². The van der Waals surface area contributed by atoms with E-state index < -0.39 is 0 Å². The zero-order valence-corrected chi connectivity index (χ0v) is 7.88. The standard InChI is InChI=1S/C11H13N3/c12-11(5-6-11)10-4-3-9(14-10)8-2-1-7-13-8/h1-4,7,13-14H,5-6,12H2. The van der Waals surface area contributed by atoms with E-state index in [0.29, 0.717) is 0 Å². The van der Waals surface area contributed by atoms with Crippen LogP contribution in [-0.2, 0) is 5.54 Å². The Morgan fingerprint density at radius 3 is 2.64 bits per heavy atom. The van der Waals surface area contributed by atoms with Crippen LogP contribution in [0.2, 0.25) is 0 Å². The number of hydrogen-bond acceptors (Lipinski definition) is 1. The first-order chi connectivity index (χ1) is 6.78. The van der Waals surface area contributed by atoms with Gasteiger partial charge in [-0.2, -0.15) is 0 Å². The van der Waals surface area contributed by atoms with Crippen molar-refractivity contribution >= 4 is 0 Å². The highest BCUT2D eigenvalue weighted by atomic mass is 14.9. The Balaban J connectivity index is 1.98. The van der Waals surface area contributed by atoms with E-state index >= 15 is 0 Å². The first-order valence-electron chi connectivity index (χ1n) is 4.90. The molecule has 72 valence electrons. The maximum absolute atomic E-state index is 6.09. The van der Waals surface area contributed by atoms with Crippen LogP contribution in [0.1, 0.15) is 18.5 Å². The fraction of sp³-hybridized carbons (Fsp3) is 0.273. The lowest BCUT2D eigenvalue weighted by atomic mass is 10.2. The molecular formula is C11H13N3. The van der Waals surface area contributed by atoms with Crippen LogP contribution in [0, 0.1) is 0 Å². The predicted molar refractivity (Wildman–Crippen MR) is 55.7 cm³/mol. The number of H-pyrrole nitrogens is 2. The average molecular weight is 187 g/mol. The van der Waals surface area contributed by atoms with E-state index in [2.05, 4.69) is 22.1 Å². The topological polar surface area (TPSA) is 57.6 Å². The van der Waals surface area contributed by atoms with E-state index in [4.69, 9.17) is 5.73 Å². The van der Waals surface area contributed by atoms with Crippen molar-refractivity contribution in [2.24, 2.45) is 5.73 Å². The zero-order valence-electron chi connectivity index (χ0n) is 7.88. The fourth-order valence-electron chi connectivity index (χ4n) is 1.74. The molecule has 3 heteroatoms. The molecule has 0 radical (unpaired) electrons. The van der Waals surface area contributed by atoms with Crippen LogP contribution >= 0.6 is 0 Å². The molecule has 0 saturated heterocycles. The summed E-state index contributed by atoms with van der Waals surface area (Å²) >= 11 is 0. The van der Waals surface area contributed by atoms with Gasteiger partial charge in [0, 0.05) is 11.9 Å². The van der Waals surface area contributed by atoms with Crippen molar-refractivity contribution in [3.8, 4) is 11.4 Å². The molecule has 0 spiro atoms. The first-order valence-corrected chi connectivity index (χ1v) is 4.90. The monoisotopic (exact) mass is 187 g/mol. The molecule has 2 aromatic heterocycles. The highest BCUT2D eigenvalue weighted by Crippen LogP contribution is 2.42. The molecule has 0 atom stereocenters. The highest BCUT2D eigenvalue weighted by molar-refractivity contribution is 5.55. The fourth-order valence-corrected chi connectivity index (χ4v) is 1.74. The molecule has 0 amide bonds. The summed E-state index contributed by atoms with van der Waals surface area (Å²) in [6, 6.07) is 8.20. The molecule has 0 aromatic carbocycles. The summed E-state index contributed by atoms with van der Waals surface area (Å²) in [5, 5.41) is 0. The zero-order chi connectivity index (χ0) is 9.60. The third-order valence-electron chi connectivity index (χ3n) is 2.90. The molecule has 0 unspecified atom stereocenters. The van der Waals surface area contributed by atoms with Gasteiger partial charge in [0.25, 0.3) is 0 Å². The summed E-state index contributed by atoms with van der Waals surface area (Å²) in [4.78, 5) is 6.53. The van der Waals surface area contributed by atoms with Crippen molar-refractivity contribution < 1.29 is 0 Å². The van der Waals surface area contributed by atoms with Crippen molar-refractivity contribution in [2.75, 3.05) is 0 Å². The molecule has 0 bridgehead atoms. The van der Waals surface area contributed by atoms with Gasteiger partial charge in [-0.1, -0.05) is 0 Å². The van der Waals surface area contributed by atoms with Gasteiger partial charge in [-0.25, -0.2) is 0 Å². The second-order valence-electron chi connectivity index (χ2n) is 4.03. The molecule has 1 aliphatic rings. The second-order valence-corrected chi connectivity index (χ2v) is 4.03. The van der Waals surface area contributed by atoms with Crippen LogP contribution in [0.4, 0.5) is 0 Å². The van der Waals surface area contributed by atoms with E-state index in [1.165, 1.54) is 0 Å². The lowest BCUT2D eigenvalue weighted by molar-refractivity contribution is 0.715. The summed E-state index contributed by atoms with van der Waals surface area (Å²) in [6.45, 7) is 0. The maximum Gasteiger partial charge on any atom is 0.0622 e. The summed E-state index contributed by atoms with van der Waals surface area (Å²) in [5.41, 5.74) is 9.41. The van der Waals surface area contributed by atoms with Crippen LogP contribution in [0.25, 0.3) is 11.4 Å². The molecule has 0 aliphatic heterocycles. The van der Waals surface area contributed by atoms with Crippen molar-refractivity contribution in [1.82, 2.24) is 9.97 Å². The molecule has 3 nitrogen and oxygen atoms in total. The maximum atomic E-state index is 6.09. The Kier molecular flexibility index (Phi) is 1.42. The van der Waals surface area contributed by atoms with Gasteiger partial charge in [0.15, 0.2) is 0 Å². The number of nitrogens with two attached hydrogens (primary N) is 1. The SMILES string of the molecule is NC1(c2ccc(-c3ccc[nH]3)[nH]2)CC1. The summed E-state index contributed by atoms with van der Waals surface area (Å²) in [7, 11) is 0.